The molecule has 1 N–H and O–H groups in total. The molecule has 0 bridgehead atoms. The van der Waals surface area contributed by atoms with E-state index < -0.39 is 0 Å². The second kappa shape index (κ2) is 8.73. The van der Waals surface area contributed by atoms with Gasteiger partial charge in [-0.25, -0.2) is 0 Å². The van der Waals surface area contributed by atoms with E-state index in [4.69, 9.17) is 0 Å². The molecule has 0 spiro atoms. The standard InChI is InChI=1S/C23H25N5O/c1-27(19-8-4-2-5-9-19)23(29)21-14-15-22(26-25-21)24-18-10-12-20(13-11-18)28-16-6-3-7-17-28/h2,4-5,8-15H,3,6-7,16-17H2,1H3,(H,24,26). The maximum absolute atomic E-state index is 12.6. The van der Waals surface area contributed by atoms with E-state index >= 15 is 0 Å². The lowest BCUT2D eigenvalue weighted by molar-refractivity contribution is 0.0987. The summed E-state index contributed by atoms with van der Waals surface area (Å²) in [5.41, 5.74) is 3.32. The molecule has 3 aromatic rings. The Labute approximate surface area is 171 Å². The molecule has 1 aliphatic heterocycles. The summed E-state index contributed by atoms with van der Waals surface area (Å²) < 4.78 is 0. The molecule has 0 aliphatic carbocycles. The van der Waals surface area contributed by atoms with Crippen LogP contribution in [0.25, 0.3) is 0 Å². The molecule has 1 saturated heterocycles. The van der Waals surface area contributed by atoms with Crippen LogP contribution in [0.1, 0.15) is 29.8 Å². The van der Waals surface area contributed by atoms with Crippen LogP contribution < -0.4 is 15.1 Å². The van der Waals surface area contributed by atoms with Gasteiger partial charge in [-0.1, -0.05) is 18.2 Å². The lowest BCUT2D eigenvalue weighted by Gasteiger charge is -2.28. The summed E-state index contributed by atoms with van der Waals surface area (Å²) in [4.78, 5) is 16.6. The normalized spacial score (nSPS) is 13.8. The van der Waals surface area contributed by atoms with Crippen molar-refractivity contribution in [2.75, 3.05) is 35.3 Å². The van der Waals surface area contributed by atoms with E-state index in [1.54, 1.807) is 24.1 Å². The van der Waals surface area contributed by atoms with Crippen LogP contribution in [-0.4, -0.2) is 36.2 Å². The van der Waals surface area contributed by atoms with Gasteiger partial charge in [-0.05, 0) is 67.8 Å². The van der Waals surface area contributed by atoms with Crippen LogP contribution in [0.15, 0.2) is 66.7 Å². The molecule has 0 unspecified atom stereocenters. The van der Waals surface area contributed by atoms with E-state index in [0.717, 1.165) is 24.5 Å². The maximum atomic E-state index is 12.6. The van der Waals surface area contributed by atoms with Gasteiger partial charge in [-0.15, -0.1) is 10.2 Å². The number of amides is 1. The van der Waals surface area contributed by atoms with Gasteiger partial charge >= 0.3 is 0 Å². The Bertz CT molecular complexity index is 935. The number of hydrogen-bond donors (Lipinski definition) is 1. The molecule has 148 valence electrons. The van der Waals surface area contributed by atoms with Crippen molar-refractivity contribution in [1.29, 1.82) is 0 Å². The van der Waals surface area contributed by atoms with Gasteiger partial charge in [0.25, 0.3) is 5.91 Å². The van der Waals surface area contributed by atoms with Crippen LogP contribution in [0, 0.1) is 0 Å². The smallest absolute Gasteiger partial charge is 0.278 e. The molecule has 0 atom stereocenters. The van der Waals surface area contributed by atoms with Crippen LogP contribution >= 0.6 is 0 Å². The van der Waals surface area contributed by atoms with E-state index in [-0.39, 0.29) is 5.91 Å². The lowest BCUT2D eigenvalue weighted by atomic mass is 10.1. The number of para-hydroxylation sites is 1. The van der Waals surface area contributed by atoms with Crippen molar-refractivity contribution in [3.05, 3.63) is 72.4 Å². The fraction of sp³-hybridized carbons (Fsp3) is 0.261. The van der Waals surface area contributed by atoms with E-state index in [0.29, 0.717) is 11.5 Å². The van der Waals surface area contributed by atoms with Crippen molar-refractivity contribution in [2.24, 2.45) is 0 Å². The van der Waals surface area contributed by atoms with Crippen LogP contribution in [0.3, 0.4) is 0 Å². The number of carbonyl (C=O) groups excluding carboxylic acids is 1. The molecule has 6 nitrogen and oxygen atoms in total. The maximum Gasteiger partial charge on any atom is 0.278 e. The van der Waals surface area contributed by atoms with Gasteiger partial charge < -0.3 is 15.1 Å². The predicted octanol–water partition coefficient (Wildman–Crippen LogP) is 4.49. The molecular weight excluding hydrogens is 362 g/mol. The topological polar surface area (TPSA) is 61.4 Å². The summed E-state index contributed by atoms with van der Waals surface area (Å²) in [6.45, 7) is 2.26. The predicted molar refractivity (Wildman–Crippen MR) is 117 cm³/mol. The number of rotatable bonds is 5. The minimum atomic E-state index is -0.193. The number of aromatic nitrogens is 2. The number of nitrogens with one attached hydrogen (secondary N) is 1. The molecule has 2 heterocycles. The summed E-state index contributed by atoms with van der Waals surface area (Å²) in [6.07, 6.45) is 3.86. The fourth-order valence-corrected chi connectivity index (χ4v) is 3.51. The summed E-state index contributed by atoms with van der Waals surface area (Å²) in [6, 6.07) is 21.3. The minimum absolute atomic E-state index is 0.193. The quantitative estimate of drug-likeness (QED) is 0.699. The number of piperidine rings is 1. The molecule has 0 saturated carbocycles. The highest BCUT2D eigenvalue weighted by Crippen LogP contribution is 2.23. The SMILES string of the molecule is CN(C(=O)c1ccc(Nc2ccc(N3CCCCC3)cc2)nn1)c1ccccc1. The lowest BCUT2D eigenvalue weighted by Crippen LogP contribution is -2.29. The van der Waals surface area contributed by atoms with E-state index in [1.807, 2.05) is 42.5 Å². The van der Waals surface area contributed by atoms with Crippen molar-refractivity contribution >= 4 is 28.8 Å². The number of nitrogens with zero attached hydrogens (tertiary/aromatic N) is 4. The summed E-state index contributed by atoms with van der Waals surface area (Å²) in [7, 11) is 1.73. The number of carbonyl (C=O) groups is 1. The van der Waals surface area contributed by atoms with Crippen LogP contribution in [0.4, 0.5) is 22.9 Å². The Hall–Kier alpha value is -3.41. The second-order valence-electron chi connectivity index (χ2n) is 7.22. The summed E-state index contributed by atoms with van der Waals surface area (Å²) >= 11 is 0. The highest BCUT2D eigenvalue weighted by atomic mass is 16.2. The number of anilines is 4. The number of benzene rings is 2. The summed E-state index contributed by atoms with van der Waals surface area (Å²) in [5, 5.41) is 11.5. The minimum Gasteiger partial charge on any atom is -0.372 e. The molecule has 6 heteroatoms. The van der Waals surface area contributed by atoms with Gasteiger partial charge in [0.15, 0.2) is 11.5 Å². The Morgan fingerprint density at radius 3 is 2.28 bits per heavy atom. The van der Waals surface area contributed by atoms with Crippen LogP contribution in [0.2, 0.25) is 0 Å². The highest BCUT2D eigenvalue weighted by molar-refractivity contribution is 6.04. The molecule has 1 fully saturated rings. The van der Waals surface area contributed by atoms with E-state index in [9.17, 15) is 4.79 Å². The van der Waals surface area contributed by atoms with Crippen molar-refractivity contribution < 1.29 is 4.79 Å². The van der Waals surface area contributed by atoms with Crippen molar-refractivity contribution in [3.8, 4) is 0 Å². The highest BCUT2D eigenvalue weighted by Gasteiger charge is 2.15. The molecule has 1 aliphatic rings. The van der Waals surface area contributed by atoms with Gasteiger partial charge in [-0.2, -0.15) is 0 Å². The zero-order chi connectivity index (χ0) is 20.1. The first-order valence-corrected chi connectivity index (χ1v) is 9.99. The van der Waals surface area contributed by atoms with Gasteiger partial charge in [0.05, 0.1) is 0 Å². The Morgan fingerprint density at radius 2 is 1.62 bits per heavy atom. The van der Waals surface area contributed by atoms with Crippen molar-refractivity contribution in [1.82, 2.24) is 10.2 Å². The molecule has 2 aromatic carbocycles. The Balaban J connectivity index is 1.39. The van der Waals surface area contributed by atoms with E-state index in [1.165, 1.54) is 24.9 Å². The fourth-order valence-electron chi connectivity index (χ4n) is 3.51. The van der Waals surface area contributed by atoms with Gasteiger partial charge in [0, 0.05) is 37.2 Å². The Morgan fingerprint density at radius 1 is 0.897 bits per heavy atom. The molecule has 1 amide bonds. The van der Waals surface area contributed by atoms with Gasteiger partial charge in [-0.3, -0.25) is 4.79 Å². The molecule has 1 aromatic heterocycles. The van der Waals surface area contributed by atoms with Gasteiger partial charge in [0.1, 0.15) is 0 Å². The van der Waals surface area contributed by atoms with Crippen LogP contribution in [0.5, 0.6) is 0 Å². The first-order valence-electron chi connectivity index (χ1n) is 9.99. The monoisotopic (exact) mass is 387 g/mol. The second-order valence-corrected chi connectivity index (χ2v) is 7.22. The average molecular weight is 387 g/mol. The first kappa shape index (κ1) is 18.9. The number of hydrogen-bond acceptors (Lipinski definition) is 5. The third-order valence-corrected chi connectivity index (χ3v) is 5.19. The summed E-state index contributed by atoms with van der Waals surface area (Å²) in [5.74, 6) is 0.413. The molecule has 29 heavy (non-hydrogen) atoms. The largest absolute Gasteiger partial charge is 0.372 e. The third-order valence-electron chi connectivity index (χ3n) is 5.19. The molecular formula is C23H25N5O. The molecule has 4 rings (SSSR count). The first-order chi connectivity index (χ1) is 14.2. The van der Waals surface area contributed by atoms with Crippen molar-refractivity contribution in [2.45, 2.75) is 19.3 Å². The van der Waals surface area contributed by atoms with Crippen molar-refractivity contribution in [3.63, 3.8) is 0 Å². The van der Waals surface area contributed by atoms with Gasteiger partial charge in [0.2, 0.25) is 0 Å². The zero-order valence-electron chi connectivity index (χ0n) is 16.6. The third kappa shape index (κ3) is 4.54. The molecule has 0 radical (unpaired) electrons. The van der Waals surface area contributed by atoms with E-state index in [2.05, 4.69) is 32.5 Å². The zero-order valence-corrected chi connectivity index (χ0v) is 16.6. The average Bonchev–Trinajstić information content (AvgIpc) is 2.80. The van der Waals surface area contributed by atoms with Crippen LogP contribution in [-0.2, 0) is 0 Å². The Kier molecular flexibility index (Phi) is 5.70.